The van der Waals surface area contributed by atoms with E-state index in [4.69, 9.17) is 4.42 Å². The van der Waals surface area contributed by atoms with Crippen LogP contribution >= 0.6 is 0 Å². The van der Waals surface area contributed by atoms with Crippen LogP contribution in [0.15, 0.2) is 22.8 Å². The molecule has 2 rings (SSSR count). The van der Waals surface area contributed by atoms with Gasteiger partial charge in [0.05, 0.1) is 19.4 Å². The number of nitrogens with zero attached hydrogens (tertiary/aromatic N) is 3. The predicted octanol–water partition coefficient (Wildman–Crippen LogP) is 1.19. The smallest absolute Gasteiger partial charge is 0.222 e. The van der Waals surface area contributed by atoms with Crippen molar-refractivity contribution in [3.05, 3.63) is 35.8 Å². The molecular weight excluding hydrogens is 232 g/mol. The third kappa shape index (κ3) is 3.19. The van der Waals surface area contributed by atoms with Gasteiger partial charge in [-0.3, -0.25) is 4.79 Å². The summed E-state index contributed by atoms with van der Waals surface area (Å²) in [6.07, 6.45) is 1.97. The molecule has 1 amide bonds. The van der Waals surface area contributed by atoms with Gasteiger partial charge in [0.2, 0.25) is 5.91 Å². The molecule has 0 aromatic carbocycles. The Morgan fingerprint density at radius 2 is 2.33 bits per heavy atom. The molecule has 0 unspecified atom stereocenters. The summed E-state index contributed by atoms with van der Waals surface area (Å²) in [7, 11) is 0. The quantitative estimate of drug-likeness (QED) is 0.862. The molecule has 1 N–H and O–H groups in total. The van der Waals surface area contributed by atoms with E-state index < -0.39 is 0 Å². The fourth-order valence-electron chi connectivity index (χ4n) is 1.67. The van der Waals surface area contributed by atoms with Crippen LogP contribution in [0, 0.1) is 13.8 Å². The molecule has 0 bridgehead atoms. The van der Waals surface area contributed by atoms with Crippen molar-refractivity contribution in [3.8, 4) is 0 Å². The Bertz CT molecular complexity index is 516. The lowest BCUT2D eigenvalue weighted by Crippen LogP contribution is -2.24. The van der Waals surface area contributed by atoms with Crippen molar-refractivity contribution in [2.45, 2.75) is 33.4 Å². The van der Waals surface area contributed by atoms with Gasteiger partial charge in [0.25, 0.3) is 0 Å². The van der Waals surface area contributed by atoms with E-state index in [0.29, 0.717) is 19.5 Å². The molecule has 0 saturated heterocycles. The summed E-state index contributed by atoms with van der Waals surface area (Å²) in [6.45, 7) is 4.67. The highest BCUT2D eigenvalue weighted by Crippen LogP contribution is 2.00. The van der Waals surface area contributed by atoms with Gasteiger partial charge in [0.1, 0.15) is 17.4 Å². The predicted molar refractivity (Wildman–Crippen MR) is 64.7 cm³/mol. The molecule has 0 saturated carbocycles. The van der Waals surface area contributed by atoms with Crippen LogP contribution in [0.2, 0.25) is 0 Å². The van der Waals surface area contributed by atoms with Gasteiger partial charge in [-0.2, -0.15) is 5.10 Å². The summed E-state index contributed by atoms with van der Waals surface area (Å²) in [5.41, 5.74) is 0. The number of carbonyl (C=O) groups excluding carboxylic acids is 1. The van der Waals surface area contributed by atoms with Crippen LogP contribution in [0.4, 0.5) is 0 Å². The number of rotatable bonds is 5. The number of carbonyl (C=O) groups is 1. The maximum Gasteiger partial charge on any atom is 0.222 e. The minimum Gasteiger partial charge on any atom is -0.467 e. The lowest BCUT2D eigenvalue weighted by Gasteiger charge is -2.04. The van der Waals surface area contributed by atoms with Crippen molar-refractivity contribution in [3.63, 3.8) is 0 Å². The Balaban J connectivity index is 1.76. The largest absolute Gasteiger partial charge is 0.467 e. The van der Waals surface area contributed by atoms with Crippen molar-refractivity contribution >= 4 is 5.91 Å². The third-order valence-electron chi connectivity index (χ3n) is 2.55. The monoisotopic (exact) mass is 248 g/mol. The molecule has 96 valence electrons. The second-order valence-electron chi connectivity index (χ2n) is 4.04. The topological polar surface area (TPSA) is 73.0 Å². The summed E-state index contributed by atoms with van der Waals surface area (Å²) in [5, 5.41) is 6.99. The molecule has 6 heteroatoms. The highest BCUT2D eigenvalue weighted by atomic mass is 16.3. The van der Waals surface area contributed by atoms with E-state index in [-0.39, 0.29) is 5.91 Å². The SMILES string of the molecule is Cc1nc(C)n(CCC(=O)NCc2ccco2)n1. The molecule has 0 fully saturated rings. The number of aromatic nitrogens is 3. The zero-order chi connectivity index (χ0) is 13.0. The molecule has 0 aliphatic heterocycles. The van der Waals surface area contributed by atoms with Crippen LogP contribution in [0.1, 0.15) is 23.8 Å². The Kier molecular flexibility index (Phi) is 3.76. The summed E-state index contributed by atoms with van der Waals surface area (Å²) in [6, 6.07) is 3.62. The molecule has 18 heavy (non-hydrogen) atoms. The third-order valence-corrected chi connectivity index (χ3v) is 2.55. The Hall–Kier alpha value is -2.11. The van der Waals surface area contributed by atoms with Crippen LogP contribution < -0.4 is 5.32 Å². The summed E-state index contributed by atoms with van der Waals surface area (Å²) in [4.78, 5) is 15.8. The first-order valence-electron chi connectivity index (χ1n) is 5.82. The van der Waals surface area contributed by atoms with Crippen molar-refractivity contribution in [2.24, 2.45) is 0 Å². The van der Waals surface area contributed by atoms with E-state index in [1.54, 1.807) is 17.0 Å². The van der Waals surface area contributed by atoms with Crippen LogP contribution in [-0.4, -0.2) is 20.7 Å². The Morgan fingerprint density at radius 1 is 1.50 bits per heavy atom. The van der Waals surface area contributed by atoms with E-state index in [0.717, 1.165) is 17.4 Å². The Morgan fingerprint density at radius 3 is 2.94 bits per heavy atom. The number of aryl methyl sites for hydroxylation is 3. The highest BCUT2D eigenvalue weighted by Gasteiger charge is 2.06. The molecule has 0 spiro atoms. The van der Waals surface area contributed by atoms with Crippen LogP contribution in [0.5, 0.6) is 0 Å². The zero-order valence-corrected chi connectivity index (χ0v) is 10.5. The molecule has 0 atom stereocenters. The van der Waals surface area contributed by atoms with Gasteiger partial charge in [0, 0.05) is 6.42 Å². The first-order chi connectivity index (χ1) is 8.65. The first-order valence-corrected chi connectivity index (χ1v) is 5.82. The molecule has 0 aliphatic rings. The van der Waals surface area contributed by atoms with Crippen molar-refractivity contribution in [1.29, 1.82) is 0 Å². The first kappa shape index (κ1) is 12.3. The molecule has 6 nitrogen and oxygen atoms in total. The number of nitrogens with one attached hydrogen (secondary N) is 1. The number of hydrogen-bond donors (Lipinski definition) is 1. The number of furan rings is 1. The van der Waals surface area contributed by atoms with Gasteiger partial charge < -0.3 is 9.73 Å². The maximum absolute atomic E-state index is 11.6. The fourth-order valence-corrected chi connectivity index (χ4v) is 1.67. The highest BCUT2D eigenvalue weighted by molar-refractivity contribution is 5.75. The van der Waals surface area contributed by atoms with Crippen molar-refractivity contribution in [2.75, 3.05) is 0 Å². The molecule has 0 aliphatic carbocycles. The molecular formula is C12H16N4O2. The van der Waals surface area contributed by atoms with E-state index in [1.807, 2.05) is 19.9 Å². The van der Waals surface area contributed by atoms with Crippen LogP contribution in [-0.2, 0) is 17.9 Å². The molecule has 2 heterocycles. The van der Waals surface area contributed by atoms with E-state index in [1.165, 1.54) is 0 Å². The van der Waals surface area contributed by atoms with Gasteiger partial charge in [-0.1, -0.05) is 0 Å². The van der Waals surface area contributed by atoms with Gasteiger partial charge in [-0.15, -0.1) is 0 Å². The van der Waals surface area contributed by atoms with Gasteiger partial charge >= 0.3 is 0 Å². The maximum atomic E-state index is 11.6. The second-order valence-corrected chi connectivity index (χ2v) is 4.04. The zero-order valence-electron chi connectivity index (χ0n) is 10.5. The molecule has 2 aromatic rings. The summed E-state index contributed by atoms with van der Waals surface area (Å²) in [5.74, 6) is 2.27. The van der Waals surface area contributed by atoms with Gasteiger partial charge in [-0.25, -0.2) is 9.67 Å². The minimum absolute atomic E-state index is 0.0287. The van der Waals surface area contributed by atoms with Gasteiger partial charge in [0.15, 0.2) is 0 Å². The second kappa shape index (κ2) is 5.48. The van der Waals surface area contributed by atoms with Crippen LogP contribution in [0.25, 0.3) is 0 Å². The number of hydrogen-bond acceptors (Lipinski definition) is 4. The molecule has 2 aromatic heterocycles. The number of amides is 1. The lowest BCUT2D eigenvalue weighted by atomic mass is 10.3. The van der Waals surface area contributed by atoms with Crippen molar-refractivity contribution < 1.29 is 9.21 Å². The normalized spacial score (nSPS) is 10.6. The van der Waals surface area contributed by atoms with E-state index in [2.05, 4.69) is 15.4 Å². The Labute approximate surface area is 105 Å². The minimum atomic E-state index is -0.0287. The fraction of sp³-hybridized carbons (Fsp3) is 0.417. The average Bonchev–Trinajstić information content (AvgIpc) is 2.94. The van der Waals surface area contributed by atoms with E-state index >= 15 is 0 Å². The standard InChI is InChI=1S/C12H16N4O2/c1-9-14-10(2)16(15-9)6-5-12(17)13-8-11-4-3-7-18-11/h3-4,7H,5-6,8H2,1-2H3,(H,13,17). The lowest BCUT2D eigenvalue weighted by molar-refractivity contribution is -0.121. The van der Waals surface area contributed by atoms with E-state index in [9.17, 15) is 4.79 Å². The molecule has 0 radical (unpaired) electrons. The van der Waals surface area contributed by atoms with Crippen LogP contribution in [0.3, 0.4) is 0 Å². The van der Waals surface area contributed by atoms with Crippen molar-refractivity contribution in [1.82, 2.24) is 20.1 Å². The summed E-state index contributed by atoms with van der Waals surface area (Å²) >= 11 is 0. The van der Waals surface area contributed by atoms with Gasteiger partial charge in [-0.05, 0) is 26.0 Å². The summed E-state index contributed by atoms with van der Waals surface area (Å²) < 4.78 is 6.86. The average molecular weight is 248 g/mol.